The van der Waals surface area contributed by atoms with Crippen LogP contribution in [0.2, 0.25) is 10.0 Å². The summed E-state index contributed by atoms with van der Waals surface area (Å²) in [5, 5.41) is 15.3. The maximum atomic E-state index is 13.5. The molecule has 1 saturated carbocycles. The fourth-order valence-electron chi connectivity index (χ4n) is 3.86. The molecule has 34 heavy (non-hydrogen) atoms. The molecule has 0 heterocycles. The summed E-state index contributed by atoms with van der Waals surface area (Å²) in [6, 6.07) is 18.2. The van der Waals surface area contributed by atoms with E-state index in [-0.39, 0.29) is 11.7 Å². The number of alkyl halides is 2. The average molecular weight is 507 g/mol. The van der Waals surface area contributed by atoms with Crippen LogP contribution >= 0.6 is 23.2 Å². The Kier molecular flexibility index (Phi) is 7.56. The van der Waals surface area contributed by atoms with E-state index >= 15 is 0 Å². The number of aliphatic hydroxyl groups excluding tert-OH is 1. The average Bonchev–Trinajstić information content (AvgIpc) is 3.64. The van der Waals surface area contributed by atoms with Crippen molar-refractivity contribution in [3.05, 3.63) is 88.4 Å². The quantitative estimate of drug-likeness (QED) is 0.341. The molecule has 0 bridgehead atoms. The highest BCUT2D eigenvalue weighted by molar-refractivity contribution is 6.31. The minimum Gasteiger partial charge on any atom is -0.435 e. The number of rotatable bonds is 8. The van der Waals surface area contributed by atoms with Gasteiger partial charge in [-0.15, -0.1) is 0 Å². The van der Waals surface area contributed by atoms with E-state index in [1.54, 1.807) is 54.6 Å². The molecule has 0 aromatic heterocycles. The number of carbonyl (C=O) groups excluding carboxylic acids is 1. The summed E-state index contributed by atoms with van der Waals surface area (Å²) in [5.74, 6) is -0.0499. The predicted molar refractivity (Wildman–Crippen MR) is 129 cm³/mol. The number of halogens is 4. The molecule has 1 aliphatic carbocycles. The van der Waals surface area contributed by atoms with Gasteiger partial charge in [0, 0.05) is 21.4 Å². The molecule has 3 aromatic rings. The molecule has 2 amide bonds. The highest BCUT2D eigenvalue weighted by Crippen LogP contribution is 2.43. The number of benzene rings is 3. The number of aliphatic hydroxyl groups is 1. The van der Waals surface area contributed by atoms with Crippen LogP contribution in [0.15, 0.2) is 72.8 Å². The summed E-state index contributed by atoms with van der Waals surface area (Å²) in [7, 11) is 0. The van der Waals surface area contributed by atoms with Gasteiger partial charge in [-0.25, -0.2) is 4.79 Å². The smallest absolute Gasteiger partial charge is 0.387 e. The van der Waals surface area contributed by atoms with Crippen molar-refractivity contribution in [2.24, 2.45) is 5.92 Å². The third-order valence-corrected chi connectivity index (χ3v) is 6.07. The number of carbonyl (C=O) groups is 1. The molecular formula is C25H22Cl2F2N2O3. The lowest BCUT2D eigenvalue weighted by Gasteiger charge is -2.35. The molecule has 1 aliphatic rings. The van der Waals surface area contributed by atoms with Crippen molar-refractivity contribution in [3.63, 3.8) is 0 Å². The second-order valence-electron chi connectivity index (χ2n) is 8.01. The van der Waals surface area contributed by atoms with E-state index in [0.29, 0.717) is 27.0 Å². The van der Waals surface area contributed by atoms with Gasteiger partial charge in [-0.1, -0.05) is 35.3 Å². The summed E-state index contributed by atoms with van der Waals surface area (Å²) in [5.41, 5.74) is 1.44. The summed E-state index contributed by atoms with van der Waals surface area (Å²) in [4.78, 5) is 15.0. The van der Waals surface area contributed by atoms with Crippen molar-refractivity contribution in [1.82, 2.24) is 0 Å². The van der Waals surface area contributed by atoms with Gasteiger partial charge >= 0.3 is 12.6 Å². The predicted octanol–water partition coefficient (Wildman–Crippen LogP) is 7.15. The van der Waals surface area contributed by atoms with Gasteiger partial charge in [0.05, 0.1) is 6.04 Å². The van der Waals surface area contributed by atoms with Crippen LogP contribution in [0.3, 0.4) is 0 Å². The van der Waals surface area contributed by atoms with Crippen LogP contribution in [0.5, 0.6) is 5.75 Å². The van der Waals surface area contributed by atoms with Crippen LogP contribution in [0.25, 0.3) is 0 Å². The van der Waals surface area contributed by atoms with Gasteiger partial charge in [-0.3, -0.25) is 4.90 Å². The van der Waals surface area contributed by atoms with Gasteiger partial charge < -0.3 is 15.2 Å². The van der Waals surface area contributed by atoms with Gasteiger partial charge in [0.2, 0.25) is 0 Å². The highest BCUT2D eigenvalue weighted by atomic mass is 35.5. The lowest BCUT2D eigenvalue weighted by atomic mass is 9.96. The number of urea groups is 1. The summed E-state index contributed by atoms with van der Waals surface area (Å²) < 4.78 is 29.9. The number of nitrogens with one attached hydrogen (secondary N) is 1. The van der Waals surface area contributed by atoms with Crippen LogP contribution in [0.4, 0.5) is 25.0 Å². The maximum Gasteiger partial charge on any atom is 0.387 e. The lowest BCUT2D eigenvalue weighted by molar-refractivity contribution is -0.0500. The molecule has 2 unspecified atom stereocenters. The fourth-order valence-corrected chi connectivity index (χ4v) is 4.11. The molecule has 1 fully saturated rings. The van der Waals surface area contributed by atoms with Crippen molar-refractivity contribution in [1.29, 1.82) is 0 Å². The Labute approximate surface area is 205 Å². The number of anilines is 2. The molecule has 4 rings (SSSR count). The molecule has 0 aliphatic heterocycles. The molecule has 2 N–H and O–H groups in total. The number of hydrogen-bond donors (Lipinski definition) is 2. The number of ether oxygens (including phenoxy) is 1. The van der Waals surface area contributed by atoms with Crippen LogP contribution < -0.4 is 15.0 Å². The van der Waals surface area contributed by atoms with Crippen molar-refractivity contribution < 1.29 is 23.4 Å². The third-order valence-electron chi connectivity index (χ3n) is 5.57. The first-order valence-corrected chi connectivity index (χ1v) is 11.4. The van der Waals surface area contributed by atoms with Gasteiger partial charge in [0.15, 0.2) is 0 Å². The molecular weight excluding hydrogens is 485 g/mol. The van der Waals surface area contributed by atoms with E-state index in [2.05, 4.69) is 10.1 Å². The second kappa shape index (κ2) is 10.6. The number of nitrogens with zero attached hydrogens (tertiary/aromatic N) is 1. The molecule has 3 aromatic carbocycles. The van der Waals surface area contributed by atoms with Crippen LogP contribution in [0.1, 0.15) is 24.5 Å². The molecule has 0 radical (unpaired) electrons. The van der Waals surface area contributed by atoms with Gasteiger partial charge in [0.1, 0.15) is 11.9 Å². The molecule has 178 valence electrons. The number of hydrogen-bond acceptors (Lipinski definition) is 3. The Hall–Kier alpha value is -2.87. The van der Waals surface area contributed by atoms with E-state index in [9.17, 15) is 18.7 Å². The topological polar surface area (TPSA) is 61.8 Å². The largest absolute Gasteiger partial charge is 0.435 e. The Balaban J connectivity index is 1.69. The summed E-state index contributed by atoms with van der Waals surface area (Å²) in [6.07, 6.45) is 0.473. The molecule has 0 spiro atoms. The Morgan fingerprint density at radius 2 is 1.62 bits per heavy atom. The van der Waals surface area contributed by atoms with E-state index in [4.69, 9.17) is 23.2 Å². The van der Waals surface area contributed by atoms with E-state index in [0.717, 1.165) is 12.8 Å². The van der Waals surface area contributed by atoms with Crippen molar-refractivity contribution in [2.45, 2.75) is 31.6 Å². The third kappa shape index (κ3) is 5.97. The molecule has 2 atom stereocenters. The highest BCUT2D eigenvalue weighted by Gasteiger charge is 2.43. The van der Waals surface area contributed by atoms with Gasteiger partial charge in [-0.05, 0) is 85.0 Å². The Morgan fingerprint density at radius 1 is 1.00 bits per heavy atom. The van der Waals surface area contributed by atoms with Gasteiger partial charge in [-0.2, -0.15) is 8.78 Å². The first-order valence-electron chi connectivity index (χ1n) is 10.7. The van der Waals surface area contributed by atoms with Crippen molar-refractivity contribution >= 4 is 40.6 Å². The van der Waals surface area contributed by atoms with Crippen LogP contribution in [-0.2, 0) is 0 Å². The maximum absolute atomic E-state index is 13.5. The summed E-state index contributed by atoms with van der Waals surface area (Å²) >= 11 is 12.0. The molecule has 5 nitrogen and oxygen atoms in total. The Morgan fingerprint density at radius 3 is 2.21 bits per heavy atom. The van der Waals surface area contributed by atoms with E-state index < -0.39 is 24.8 Å². The second-order valence-corrected chi connectivity index (χ2v) is 8.88. The standard InChI is InChI=1S/C25H22Cl2F2N2O3/c26-17-6-10-19(11-7-17)30-25(33)31(20-12-8-18(27)9-13-20)22(15-4-5-15)23(32)16-2-1-3-21(14-16)34-24(28)29/h1-3,6-15,22-24,32H,4-5H2,(H,30,33). The van der Waals surface area contributed by atoms with Crippen LogP contribution in [0, 0.1) is 5.92 Å². The Bertz CT molecular complexity index is 1130. The van der Waals surface area contributed by atoms with Crippen molar-refractivity contribution in [2.75, 3.05) is 10.2 Å². The zero-order chi connectivity index (χ0) is 24.2. The minimum atomic E-state index is -2.98. The zero-order valence-electron chi connectivity index (χ0n) is 17.9. The molecule has 0 saturated heterocycles. The van der Waals surface area contributed by atoms with Crippen molar-refractivity contribution in [3.8, 4) is 5.75 Å². The number of amides is 2. The van der Waals surface area contributed by atoms with E-state index in [1.807, 2.05) is 0 Å². The first kappa shape index (κ1) is 24.3. The normalized spacial score (nSPS) is 15.0. The van der Waals surface area contributed by atoms with E-state index in [1.165, 1.54) is 23.1 Å². The van der Waals surface area contributed by atoms with Gasteiger partial charge in [0.25, 0.3) is 0 Å². The monoisotopic (exact) mass is 506 g/mol. The van der Waals surface area contributed by atoms with Crippen LogP contribution in [-0.4, -0.2) is 23.8 Å². The molecule has 9 heteroatoms. The zero-order valence-corrected chi connectivity index (χ0v) is 19.4. The first-order chi connectivity index (χ1) is 16.3. The SMILES string of the molecule is O=C(Nc1ccc(Cl)cc1)N(c1ccc(Cl)cc1)C(C1CC1)C(O)c1cccc(OC(F)F)c1. The lowest BCUT2D eigenvalue weighted by Crippen LogP contribution is -2.47. The minimum absolute atomic E-state index is 0.0151. The summed E-state index contributed by atoms with van der Waals surface area (Å²) in [6.45, 7) is -2.98. The fraction of sp³-hybridized carbons (Fsp3) is 0.240.